The summed E-state index contributed by atoms with van der Waals surface area (Å²) in [5.74, 6) is 1.75. The van der Waals surface area contributed by atoms with Crippen LogP contribution in [0.4, 0.5) is 0 Å². The van der Waals surface area contributed by atoms with Crippen molar-refractivity contribution >= 4 is 0 Å². The van der Waals surface area contributed by atoms with E-state index in [0.717, 1.165) is 11.8 Å². The highest BCUT2D eigenvalue weighted by molar-refractivity contribution is 5.19. The molecule has 1 aromatic rings. The van der Waals surface area contributed by atoms with Crippen LogP contribution in [0.2, 0.25) is 0 Å². The molecule has 1 heteroatoms. The Kier molecular flexibility index (Phi) is 4.82. The number of hydrogen-bond acceptors (Lipinski definition) is 1. The quantitative estimate of drug-likeness (QED) is 0.802. The Bertz CT molecular complexity index is 346. The molecule has 0 aliphatic heterocycles. The fourth-order valence-corrected chi connectivity index (χ4v) is 3.45. The maximum absolute atomic E-state index is 3.90. The van der Waals surface area contributed by atoms with Crippen molar-refractivity contribution in [2.24, 2.45) is 11.8 Å². The monoisotopic (exact) mass is 245 g/mol. The summed E-state index contributed by atoms with van der Waals surface area (Å²) in [7, 11) is 0. The van der Waals surface area contributed by atoms with Crippen LogP contribution >= 0.6 is 0 Å². The van der Waals surface area contributed by atoms with E-state index in [2.05, 4.69) is 56.4 Å². The Labute approximate surface area is 112 Å². The lowest BCUT2D eigenvalue weighted by molar-refractivity contribution is 0.318. The van der Waals surface area contributed by atoms with Crippen molar-refractivity contribution in [2.75, 3.05) is 0 Å². The molecule has 2 rings (SSSR count). The highest BCUT2D eigenvalue weighted by atomic mass is 15.0. The van der Waals surface area contributed by atoms with Crippen molar-refractivity contribution in [1.29, 1.82) is 0 Å². The van der Waals surface area contributed by atoms with E-state index in [4.69, 9.17) is 0 Å². The second kappa shape index (κ2) is 6.38. The van der Waals surface area contributed by atoms with Crippen molar-refractivity contribution in [1.82, 2.24) is 5.32 Å². The third-order valence-corrected chi connectivity index (χ3v) is 4.78. The van der Waals surface area contributed by atoms with E-state index in [-0.39, 0.29) is 0 Å². The Morgan fingerprint density at radius 1 is 1.17 bits per heavy atom. The first-order valence-electron chi connectivity index (χ1n) is 7.57. The summed E-state index contributed by atoms with van der Waals surface area (Å²) < 4.78 is 0. The largest absolute Gasteiger partial charge is 0.307 e. The van der Waals surface area contributed by atoms with Gasteiger partial charge >= 0.3 is 0 Å². The van der Waals surface area contributed by atoms with Crippen LogP contribution in [-0.2, 0) is 0 Å². The van der Waals surface area contributed by atoms with Gasteiger partial charge in [0.25, 0.3) is 0 Å². The molecule has 1 aromatic carbocycles. The van der Waals surface area contributed by atoms with Gasteiger partial charge in [0.05, 0.1) is 0 Å². The third-order valence-electron chi connectivity index (χ3n) is 4.78. The van der Waals surface area contributed by atoms with Crippen LogP contribution in [0.15, 0.2) is 30.3 Å². The average Bonchev–Trinajstić information content (AvgIpc) is 2.77. The second-order valence-corrected chi connectivity index (χ2v) is 5.75. The van der Waals surface area contributed by atoms with Gasteiger partial charge in [-0.3, -0.25) is 0 Å². The van der Waals surface area contributed by atoms with Gasteiger partial charge in [0.1, 0.15) is 0 Å². The van der Waals surface area contributed by atoms with Crippen molar-refractivity contribution in [2.45, 2.75) is 58.5 Å². The lowest BCUT2D eigenvalue weighted by atomic mass is 9.92. The van der Waals surface area contributed by atoms with Crippen molar-refractivity contribution in [3.63, 3.8) is 0 Å². The lowest BCUT2D eigenvalue weighted by Crippen LogP contribution is -2.35. The first-order chi connectivity index (χ1) is 8.76. The van der Waals surface area contributed by atoms with Gasteiger partial charge in [0, 0.05) is 12.1 Å². The Balaban J connectivity index is 1.99. The molecule has 0 saturated heterocycles. The summed E-state index contributed by atoms with van der Waals surface area (Å²) in [6.07, 6.45) is 5.26. The Hall–Kier alpha value is -0.820. The summed E-state index contributed by atoms with van der Waals surface area (Å²) in [6.45, 7) is 7.04. The van der Waals surface area contributed by atoms with Crippen LogP contribution in [0, 0.1) is 11.8 Å². The van der Waals surface area contributed by atoms with Crippen molar-refractivity contribution < 1.29 is 0 Å². The molecule has 1 aliphatic carbocycles. The van der Waals surface area contributed by atoms with E-state index >= 15 is 0 Å². The van der Waals surface area contributed by atoms with Crippen LogP contribution in [0.3, 0.4) is 0 Å². The van der Waals surface area contributed by atoms with Crippen LogP contribution in [-0.4, -0.2) is 6.04 Å². The molecular weight excluding hydrogens is 218 g/mol. The normalized spacial score (nSPS) is 29.4. The van der Waals surface area contributed by atoms with Gasteiger partial charge in [-0.1, -0.05) is 57.5 Å². The summed E-state index contributed by atoms with van der Waals surface area (Å²) in [5.41, 5.74) is 1.44. The molecule has 4 unspecified atom stereocenters. The predicted molar refractivity (Wildman–Crippen MR) is 78.6 cm³/mol. The summed E-state index contributed by atoms with van der Waals surface area (Å²) >= 11 is 0. The molecule has 0 spiro atoms. The topological polar surface area (TPSA) is 12.0 Å². The van der Waals surface area contributed by atoms with E-state index in [1.807, 2.05) is 0 Å². The van der Waals surface area contributed by atoms with E-state index in [9.17, 15) is 0 Å². The Morgan fingerprint density at radius 2 is 1.89 bits per heavy atom. The van der Waals surface area contributed by atoms with Gasteiger partial charge < -0.3 is 5.32 Å². The van der Waals surface area contributed by atoms with E-state index in [0.29, 0.717) is 12.1 Å². The SMILES string of the molecule is CCC(NC1CCC(CC)C1C)c1ccccc1. The van der Waals surface area contributed by atoms with Gasteiger partial charge in [0.2, 0.25) is 0 Å². The van der Waals surface area contributed by atoms with Crippen molar-refractivity contribution in [3.8, 4) is 0 Å². The fraction of sp³-hybridized carbons (Fsp3) is 0.647. The summed E-state index contributed by atoms with van der Waals surface area (Å²) in [6, 6.07) is 12.1. The molecule has 1 nitrogen and oxygen atoms in total. The number of hydrogen-bond donors (Lipinski definition) is 1. The minimum absolute atomic E-state index is 0.522. The molecule has 4 atom stereocenters. The number of nitrogens with one attached hydrogen (secondary N) is 1. The molecule has 1 saturated carbocycles. The third kappa shape index (κ3) is 2.95. The van der Waals surface area contributed by atoms with E-state index < -0.39 is 0 Å². The number of benzene rings is 1. The van der Waals surface area contributed by atoms with Crippen LogP contribution < -0.4 is 5.32 Å². The molecule has 18 heavy (non-hydrogen) atoms. The zero-order valence-corrected chi connectivity index (χ0v) is 12.0. The fourth-order valence-electron chi connectivity index (χ4n) is 3.45. The summed E-state index contributed by atoms with van der Waals surface area (Å²) in [4.78, 5) is 0. The smallest absolute Gasteiger partial charge is 0.0320 e. The highest BCUT2D eigenvalue weighted by Gasteiger charge is 2.32. The molecular formula is C17H27N. The molecule has 1 fully saturated rings. The van der Waals surface area contributed by atoms with Crippen LogP contribution in [0.1, 0.15) is 58.1 Å². The molecule has 1 aliphatic rings. The zero-order chi connectivity index (χ0) is 13.0. The molecule has 0 radical (unpaired) electrons. The molecule has 100 valence electrons. The minimum atomic E-state index is 0.522. The van der Waals surface area contributed by atoms with Crippen LogP contribution in [0.5, 0.6) is 0 Å². The maximum atomic E-state index is 3.90. The summed E-state index contributed by atoms with van der Waals surface area (Å²) in [5, 5.41) is 3.90. The molecule has 0 heterocycles. The number of rotatable bonds is 5. The van der Waals surface area contributed by atoms with Crippen molar-refractivity contribution in [3.05, 3.63) is 35.9 Å². The average molecular weight is 245 g/mol. The van der Waals surface area contributed by atoms with Gasteiger partial charge in [0.15, 0.2) is 0 Å². The van der Waals surface area contributed by atoms with Gasteiger partial charge in [-0.05, 0) is 36.7 Å². The predicted octanol–water partition coefficient (Wildman–Crippen LogP) is 4.55. The molecule has 1 N–H and O–H groups in total. The highest BCUT2D eigenvalue weighted by Crippen LogP contribution is 2.35. The molecule has 0 bridgehead atoms. The molecule has 0 amide bonds. The Morgan fingerprint density at radius 3 is 2.44 bits per heavy atom. The van der Waals surface area contributed by atoms with E-state index in [1.54, 1.807) is 0 Å². The molecule has 0 aromatic heterocycles. The van der Waals surface area contributed by atoms with Gasteiger partial charge in [-0.25, -0.2) is 0 Å². The zero-order valence-electron chi connectivity index (χ0n) is 12.0. The first-order valence-corrected chi connectivity index (χ1v) is 7.57. The lowest BCUT2D eigenvalue weighted by Gasteiger charge is -2.27. The van der Waals surface area contributed by atoms with Gasteiger partial charge in [-0.2, -0.15) is 0 Å². The second-order valence-electron chi connectivity index (χ2n) is 5.75. The van der Waals surface area contributed by atoms with E-state index in [1.165, 1.54) is 31.2 Å². The maximum Gasteiger partial charge on any atom is 0.0320 e. The minimum Gasteiger partial charge on any atom is -0.307 e. The van der Waals surface area contributed by atoms with Crippen LogP contribution in [0.25, 0.3) is 0 Å². The van der Waals surface area contributed by atoms with Gasteiger partial charge in [-0.15, -0.1) is 0 Å². The first kappa shape index (κ1) is 13.6. The standard InChI is InChI=1S/C17H27N/c1-4-14-11-12-17(13(14)3)18-16(5-2)15-9-7-6-8-10-15/h6-10,13-14,16-18H,4-5,11-12H2,1-3H3.